The Kier molecular flexibility index (Phi) is 5.09. The van der Waals surface area contributed by atoms with E-state index in [4.69, 9.17) is 17.0 Å². The number of H-pyrrole nitrogens is 1. The van der Waals surface area contributed by atoms with Gasteiger partial charge in [0.25, 0.3) is 17.2 Å². The first kappa shape index (κ1) is 20.4. The lowest BCUT2D eigenvalue weighted by molar-refractivity contribution is -0.384. The van der Waals surface area contributed by atoms with Crippen molar-refractivity contribution >= 4 is 63.4 Å². The van der Waals surface area contributed by atoms with E-state index in [1.54, 1.807) is 0 Å². The molecule has 10 nitrogen and oxygen atoms in total. The van der Waals surface area contributed by atoms with Crippen molar-refractivity contribution in [2.24, 2.45) is 0 Å². The quantitative estimate of drug-likeness (QED) is 0.207. The van der Waals surface area contributed by atoms with E-state index >= 15 is 0 Å². The molecule has 31 heavy (non-hydrogen) atoms. The summed E-state index contributed by atoms with van der Waals surface area (Å²) >= 11 is 6.38. The number of ether oxygens (including phenoxy) is 1. The molecule has 2 heterocycles. The lowest BCUT2D eigenvalue weighted by atomic mass is 10.1. The van der Waals surface area contributed by atoms with Crippen molar-refractivity contribution in [1.82, 2.24) is 9.38 Å². The Morgan fingerprint density at radius 2 is 1.94 bits per heavy atom. The van der Waals surface area contributed by atoms with E-state index in [2.05, 4.69) is 10.3 Å². The molecule has 0 spiro atoms. The van der Waals surface area contributed by atoms with Gasteiger partial charge >= 0.3 is 5.97 Å². The summed E-state index contributed by atoms with van der Waals surface area (Å²) in [4.78, 5) is 50.3. The van der Waals surface area contributed by atoms with Crippen LogP contribution in [0.3, 0.4) is 0 Å². The number of hydrogen-bond acceptors (Lipinski definition) is 8. The molecule has 0 bridgehead atoms. The average Bonchev–Trinajstić information content (AvgIpc) is 3.09. The predicted molar refractivity (Wildman–Crippen MR) is 117 cm³/mol. The monoisotopic (exact) mass is 456 g/mol. The summed E-state index contributed by atoms with van der Waals surface area (Å²) in [6.45, 7) is 0. The first-order valence-corrected chi connectivity index (χ1v) is 9.88. The topological polar surface area (TPSA) is 136 Å². The van der Waals surface area contributed by atoms with Crippen molar-refractivity contribution in [3.63, 3.8) is 0 Å². The number of esters is 1. The summed E-state index contributed by atoms with van der Waals surface area (Å²) in [5, 5.41) is 13.7. The number of non-ortho nitro benzene ring substituents is 1. The molecule has 0 aliphatic rings. The van der Waals surface area contributed by atoms with Gasteiger partial charge in [0, 0.05) is 17.8 Å². The Bertz CT molecular complexity index is 1500. The summed E-state index contributed by atoms with van der Waals surface area (Å²) in [7, 11) is 1.25. The lowest BCUT2D eigenvalue weighted by Crippen LogP contribution is -2.15. The number of benzene rings is 2. The molecule has 1 amide bonds. The fourth-order valence-corrected chi connectivity index (χ4v) is 4.32. The molecule has 0 radical (unpaired) electrons. The molecule has 156 valence electrons. The van der Waals surface area contributed by atoms with Gasteiger partial charge in [-0.2, -0.15) is 0 Å². The number of nitro groups is 1. The average molecular weight is 456 g/mol. The van der Waals surface area contributed by atoms with Crippen LogP contribution in [0.1, 0.15) is 20.0 Å². The van der Waals surface area contributed by atoms with E-state index in [1.807, 2.05) is 0 Å². The van der Waals surface area contributed by atoms with Crippen LogP contribution in [-0.2, 0) is 4.74 Å². The predicted octanol–water partition coefficient (Wildman–Crippen LogP) is 3.52. The number of hydrogen-bond donors (Lipinski definition) is 2. The largest absolute Gasteiger partial charge is 0.465 e. The zero-order valence-corrected chi connectivity index (χ0v) is 17.3. The minimum absolute atomic E-state index is 0.111. The van der Waals surface area contributed by atoms with Gasteiger partial charge in [0.05, 0.1) is 28.5 Å². The summed E-state index contributed by atoms with van der Waals surface area (Å²) in [6.07, 6.45) is 0. The van der Waals surface area contributed by atoms with Crippen molar-refractivity contribution in [3.05, 3.63) is 77.3 Å². The second kappa shape index (κ2) is 7.74. The van der Waals surface area contributed by atoms with Crippen LogP contribution in [0.5, 0.6) is 0 Å². The number of amides is 1. The highest BCUT2D eigenvalue weighted by molar-refractivity contribution is 7.73. The van der Waals surface area contributed by atoms with Gasteiger partial charge in [0.2, 0.25) is 0 Å². The fourth-order valence-electron chi connectivity index (χ4n) is 3.04. The van der Waals surface area contributed by atoms with Gasteiger partial charge < -0.3 is 15.0 Å². The second-order valence-electron chi connectivity index (χ2n) is 6.32. The van der Waals surface area contributed by atoms with Crippen LogP contribution in [0, 0.1) is 14.1 Å². The Morgan fingerprint density at radius 3 is 2.58 bits per heavy atom. The van der Waals surface area contributed by atoms with Crippen LogP contribution in [0.15, 0.2) is 47.3 Å². The van der Waals surface area contributed by atoms with Crippen molar-refractivity contribution < 1.29 is 19.2 Å². The Hall–Kier alpha value is -3.90. The summed E-state index contributed by atoms with van der Waals surface area (Å²) in [6, 6.07) is 9.74. The van der Waals surface area contributed by atoms with Crippen LogP contribution in [0.25, 0.3) is 16.6 Å². The standard InChI is InChI=1S/C19H12N4O6S2/c1-29-18(26)9-2-7-12-13(8-9)22-15(21-16(12)24)14(31-19(22)30)17(25)20-10-3-5-11(6-4-10)23(27)28/h2-8H,1H3,(H,20,25)(H,21,24). The molecule has 2 aromatic carbocycles. The molecule has 12 heteroatoms. The van der Waals surface area contributed by atoms with Crippen LogP contribution < -0.4 is 10.9 Å². The molecule has 0 aliphatic heterocycles. The molecule has 0 fully saturated rings. The summed E-state index contributed by atoms with van der Waals surface area (Å²) in [5.74, 6) is -1.13. The molecule has 4 rings (SSSR count). The number of methoxy groups -OCH3 is 1. The third kappa shape index (κ3) is 3.58. The number of nitro benzene ring substituents is 1. The lowest BCUT2D eigenvalue weighted by Gasteiger charge is -2.06. The smallest absolute Gasteiger partial charge is 0.337 e. The van der Waals surface area contributed by atoms with E-state index < -0.39 is 22.4 Å². The maximum Gasteiger partial charge on any atom is 0.337 e. The number of rotatable bonds is 4. The van der Waals surface area contributed by atoms with Crippen molar-refractivity contribution in [3.8, 4) is 0 Å². The van der Waals surface area contributed by atoms with Gasteiger partial charge in [0.15, 0.2) is 3.95 Å². The number of fused-ring (bicyclic) bond motifs is 3. The normalized spacial score (nSPS) is 10.9. The number of carbonyl (C=O) groups excluding carboxylic acids is 2. The van der Waals surface area contributed by atoms with E-state index in [1.165, 1.54) is 54.0 Å². The third-order valence-corrected chi connectivity index (χ3v) is 5.86. The summed E-state index contributed by atoms with van der Waals surface area (Å²) < 4.78 is 6.52. The Morgan fingerprint density at radius 1 is 1.23 bits per heavy atom. The molecule has 2 N–H and O–H groups in total. The molecule has 0 saturated heterocycles. The summed E-state index contributed by atoms with van der Waals surface area (Å²) in [5.41, 5.74) is 0.533. The maximum atomic E-state index is 12.8. The van der Waals surface area contributed by atoms with Crippen LogP contribution in [0.2, 0.25) is 0 Å². The fraction of sp³-hybridized carbons (Fsp3) is 0.0526. The van der Waals surface area contributed by atoms with Gasteiger partial charge in [-0.05, 0) is 42.5 Å². The molecule has 0 aliphatic carbocycles. The molecule has 2 aromatic heterocycles. The first-order chi connectivity index (χ1) is 14.8. The SMILES string of the molecule is COC(=O)c1ccc2c(=O)[nH]c3c(C(=O)Nc4ccc([N+](=O)[O-])cc4)sc(=S)n3c2c1. The highest BCUT2D eigenvalue weighted by atomic mass is 32.1. The minimum atomic E-state index is -0.576. The Balaban J connectivity index is 1.83. The molecule has 4 aromatic rings. The molecule has 0 saturated carbocycles. The van der Waals surface area contributed by atoms with E-state index in [9.17, 15) is 24.5 Å². The highest BCUT2D eigenvalue weighted by Crippen LogP contribution is 2.25. The van der Waals surface area contributed by atoms with Gasteiger partial charge in [-0.25, -0.2) is 4.79 Å². The molecule has 0 atom stereocenters. The van der Waals surface area contributed by atoms with Gasteiger partial charge in [-0.1, -0.05) is 11.3 Å². The highest BCUT2D eigenvalue weighted by Gasteiger charge is 2.19. The number of carbonyl (C=O) groups is 2. The maximum absolute atomic E-state index is 12.8. The number of nitrogens with one attached hydrogen (secondary N) is 2. The van der Waals surface area contributed by atoms with E-state index in [0.29, 0.717) is 11.2 Å². The van der Waals surface area contributed by atoms with E-state index in [-0.39, 0.29) is 31.1 Å². The molecular weight excluding hydrogens is 444 g/mol. The Labute approximate surface area is 181 Å². The van der Waals surface area contributed by atoms with Gasteiger partial charge in [-0.15, -0.1) is 0 Å². The minimum Gasteiger partial charge on any atom is -0.465 e. The zero-order chi connectivity index (χ0) is 22.3. The number of anilines is 1. The second-order valence-corrected chi connectivity index (χ2v) is 7.96. The number of aromatic amines is 1. The van der Waals surface area contributed by atoms with E-state index in [0.717, 1.165) is 11.3 Å². The van der Waals surface area contributed by atoms with Crippen molar-refractivity contribution in [1.29, 1.82) is 0 Å². The third-order valence-electron chi connectivity index (χ3n) is 4.49. The van der Waals surface area contributed by atoms with Crippen molar-refractivity contribution in [2.45, 2.75) is 0 Å². The number of thiazole rings is 1. The van der Waals surface area contributed by atoms with Gasteiger partial charge in [-0.3, -0.25) is 24.1 Å². The van der Waals surface area contributed by atoms with Crippen LogP contribution in [-0.4, -0.2) is 33.3 Å². The zero-order valence-electron chi connectivity index (χ0n) is 15.7. The number of nitrogens with zero attached hydrogens (tertiary/aromatic N) is 2. The van der Waals surface area contributed by atoms with Crippen molar-refractivity contribution in [2.75, 3.05) is 12.4 Å². The van der Waals surface area contributed by atoms with Crippen LogP contribution in [0.4, 0.5) is 11.4 Å². The van der Waals surface area contributed by atoms with Gasteiger partial charge in [0.1, 0.15) is 10.5 Å². The molecular formula is C19H12N4O6S2. The number of aromatic nitrogens is 2. The van der Waals surface area contributed by atoms with Crippen LogP contribution >= 0.6 is 23.6 Å². The molecule has 0 unspecified atom stereocenters. The first-order valence-electron chi connectivity index (χ1n) is 8.66.